The van der Waals surface area contributed by atoms with Crippen LogP contribution in [0.2, 0.25) is 0 Å². The molecule has 1 aromatic rings. The van der Waals surface area contributed by atoms with E-state index >= 15 is 0 Å². The minimum atomic E-state index is 0.254. The van der Waals surface area contributed by atoms with E-state index in [1.54, 1.807) is 0 Å². The third-order valence-electron chi connectivity index (χ3n) is 3.17. The predicted octanol–water partition coefficient (Wildman–Crippen LogP) is 1.31. The second-order valence-electron chi connectivity index (χ2n) is 4.88. The highest BCUT2D eigenvalue weighted by atomic mass is 15.4. The number of nitrogens with two attached hydrogens (primary N) is 1. The maximum absolute atomic E-state index is 5.93. The molecular weight excluding hydrogens is 188 g/mol. The molecular formula is C11H20N4. The zero-order valence-corrected chi connectivity index (χ0v) is 9.77. The zero-order chi connectivity index (χ0) is 11.0. The summed E-state index contributed by atoms with van der Waals surface area (Å²) in [7, 11) is 0. The highest BCUT2D eigenvalue weighted by Crippen LogP contribution is 2.22. The fourth-order valence-electron chi connectivity index (χ4n) is 2.03. The molecule has 1 aliphatic heterocycles. The molecule has 4 nitrogen and oxygen atoms in total. The van der Waals surface area contributed by atoms with Gasteiger partial charge in [0, 0.05) is 24.9 Å². The normalized spacial score (nSPS) is 22.9. The maximum atomic E-state index is 5.93. The van der Waals surface area contributed by atoms with E-state index in [9.17, 15) is 0 Å². The van der Waals surface area contributed by atoms with E-state index < -0.39 is 0 Å². The van der Waals surface area contributed by atoms with E-state index in [0.29, 0.717) is 11.8 Å². The van der Waals surface area contributed by atoms with Gasteiger partial charge in [0.15, 0.2) is 5.82 Å². The number of nitrogens with zero attached hydrogens (tertiary/aromatic N) is 3. The molecule has 0 saturated carbocycles. The van der Waals surface area contributed by atoms with Crippen molar-refractivity contribution in [2.24, 2.45) is 11.7 Å². The average molecular weight is 208 g/mol. The smallest absolute Gasteiger partial charge is 0.153 e. The lowest BCUT2D eigenvalue weighted by atomic mass is 9.94. The van der Waals surface area contributed by atoms with Crippen LogP contribution in [0.5, 0.6) is 0 Å². The molecule has 0 amide bonds. The Labute approximate surface area is 90.9 Å². The summed E-state index contributed by atoms with van der Waals surface area (Å²) in [5.41, 5.74) is 5.93. The number of hydrogen-bond acceptors (Lipinski definition) is 3. The summed E-state index contributed by atoms with van der Waals surface area (Å²) in [5.74, 6) is 3.07. The van der Waals surface area contributed by atoms with Crippen LogP contribution >= 0.6 is 0 Å². The molecule has 1 aromatic heterocycles. The van der Waals surface area contributed by atoms with Gasteiger partial charge in [-0.15, -0.1) is 0 Å². The van der Waals surface area contributed by atoms with Crippen LogP contribution in [0.25, 0.3) is 0 Å². The van der Waals surface area contributed by atoms with E-state index in [0.717, 1.165) is 31.0 Å². The third kappa shape index (κ3) is 2.04. The Morgan fingerprint density at radius 3 is 2.73 bits per heavy atom. The number of aromatic nitrogens is 3. The highest BCUT2D eigenvalue weighted by Gasteiger charge is 2.24. The molecule has 0 radical (unpaired) electrons. The molecule has 0 bridgehead atoms. The molecule has 2 N–H and O–H groups in total. The fraction of sp³-hybridized carbons (Fsp3) is 0.818. The summed E-state index contributed by atoms with van der Waals surface area (Å²) in [5, 5.41) is 4.53. The van der Waals surface area contributed by atoms with Gasteiger partial charge in [0.1, 0.15) is 5.82 Å². The van der Waals surface area contributed by atoms with Crippen LogP contribution in [0.3, 0.4) is 0 Å². The summed E-state index contributed by atoms with van der Waals surface area (Å²) in [6.45, 7) is 7.28. The fourth-order valence-corrected chi connectivity index (χ4v) is 2.03. The molecule has 1 aliphatic rings. The largest absolute Gasteiger partial charge is 0.328 e. The number of aryl methyl sites for hydroxylation is 1. The van der Waals surface area contributed by atoms with Crippen molar-refractivity contribution >= 4 is 0 Å². The first-order chi connectivity index (χ1) is 7.08. The van der Waals surface area contributed by atoms with Crippen LogP contribution in [-0.2, 0) is 13.0 Å². The number of rotatable bonds is 2. The Morgan fingerprint density at radius 1 is 1.40 bits per heavy atom. The number of hydrogen-bond donors (Lipinski definition) is 1. The molecule has 0 spiro atoms. The van der Waals surface area contributed by atoms with Gasteiger partial charge in [-0.3, -0.25) is 0 Å². The Bertz CT molecular complexity index is 340. The van der Waals surface area contributed by atoms with E-state index in [1.807, 2.05) is 4.68 Å². The first-order valence-electron chi connectivity index (χ1n) is 5.77. The van der Waals surface area contributed by atoms with E-state index in [1.165, 1.54) is 0 Å². The minimum Gasteiger partial charge on any atom is -0.328 e. The second-order valence-corrected chi connectivity index (χ2v) is 4.88. The predicted molar refractivity (Wildman–Crippen MR) is 59.6 cm³/mol. The Hall–Kier alpha value is -0.900. The Kier molecular flexibility index (Phi) is 2.78. The zero-order valence-electron chi connectivity index (χ0n) is 9.77. The van der Waals surface area contributed by atoms with Crippen LogP contribution in [0.4, 0.5) is 0 Å². The minimum absolute atomic E-state index is 0.254. The van der Waals surface area contributed by atoms with Gasteiger partial charge in [-0.2, -0.15) is 5.10 Å². The summed E-state index contributed by atoms with van der Waals surface area (Å²) >= 11 is 0. The van der Waals surface area contributed by atoms with Gasteiger partial charge in [0.25, 0.3) is 0 Å². The first kappa shape index (κ1) is 10.6. The molecule has 2 atom stereocenters. The van der Waals surface area contributed by atoms with Gasteiger partial charge >= 0.3 is 0 Å². The standard InChI is InChI=1S/C11H20N4/c1-7(2)11-13-10-5-4-9(8(3)12)6-15(10)14-11/h7-9H,4-6,12H2,1-3H3. The van der Waals surface area contributed by atoms with E-state index in [4.69, 9.17) is 5.73 Å². The van der Waals surface area contributed by atoms with Crippen molar-refractivity contribution in [3.8, 4) is 0 Å². The van der Waals surface area contributed by atoms with Crippen molar-refractivity contribution in [3.05, 3.63) is 11.6 Å². The number of fused-ring (bicyclic) bond motifs is 1. The van der Waals surface area contributed by atoms with Crippen LogP contribution in [0.15, 0.2) is 0 Å². The van der Waals surface area contributed by atoms with Crippen LogP contribution in [0, 0.1) is 5.92 Å². The molecule has 15 heavy (non-hydrogen) atoms. The molecule has 2 unspecified atom stereocenters. The highest BCUT2D eigenvalue weighted by molar-refractivity contribution is 5.00. The van der Waals surface area contributed by atoms with Crippen LogP contribution in [0.1, 0.15) is 44.8 Å². The Morgan fingerprint density at radius 2 is 2.13 bits per heavy atom. The van der Waals surface area contributed by atoms with E-state index in [-0.39, 0.29) is 6.04 Å². The van der Waals surface area contributed by atoms with Gasteiger partial charge in [-0.25, -0.2) is 9.67 Å². The quantitative estimate of drug-likeness (QED) is 0.797. The monoisotopic (exact) mass is 208 g/mol. The SMILES string of the molecule is CC(C)c1nc2n(n1)CC(C(C)N)CC2. The second kappa shape index (κ2) is 3.93. The van der Waals surface area contributed by atoms with Crippen molar-refractivity contribution in [2.45, 2.75) is 52.1 Å². The first-order valence-corrected chi connectivity index (χ1v) is 5.77. The Balaban J connectivity index is 2.19. The summed E-state index contributed by atoms with van der Waals surface area (Å²) in [4.78, 5) is 4.56. The summed E-state index contributed by atoms with van der Waals surface area (Å²) < 4.78 is 2.05. The van der Waals surface area contributed by atoms with Crippen molar-refractivity contribution in [3.63, 3.8) is 0 Å². The van der Waals surface area contributed by atoms with Crippen LogP contribution < -0.4 is 5.73 Å². The van der Waals surface area contributed by atoms with Crippen molar-refractivity contribution in [1.82, 2.24) is 14.8 Å². The van der Waals surface area contributed by atoms with Crippen LogP contribution in [-0.4, -0.2) is 20.8 Å². The third-order valence-corrected chi connectivity index (χ3v) is 3.17. The van der Waals surface area contributed by atoms with Gasteiger partial charge in [0.05, 0.1) is 0 Å². The van der Waals surface area contributed by atoms with Crippen molar-refractivity contribution in [2.75, 3.05) is 0 Å². The topological polar surface area (TPSA) is 56.7 Å². The average Bonchev–Trinajstić information content (AvgIpc) is 2.59. The van der Waals surface area contributed by atoms with E-state index in [2.05, 4.69) is 30.9 Å². The molecule has 2 heterocycles. The lowest BCUT2D eigenvalue weighted by Crippen LogP contribution is -2.34. The lowest BCUT2D eigenvalue weighted by Gasteiger charge is -2.25. The molecule has 0 aliphatic carbocycles. The lowest BCUT2D eigenvalue weighted by molar-refractivity contribution is 0.303. The molecule has 84 valence electrons. The molecule has 0 saturated heterocycles. The molecule has 4 heteroatoms. The molecule has 0 fully saturated rings. The van der Waals surface area contributed by atoms with Crippen molar-refractivity contribution < 1.29 is 0 Å². The molecule has 2 rings (SSSR count). The summed E-state index contributed by atoms with van der Waals surface area (Å²) in [6, 6.07) is 0.254. The van der Waals surface area contributed by atoms with Crippen molar-refractivity contribution in [1.29, 1.82) is 0 Å². The van der Waals surface area contributed by atoms with Gasteiger partial charge in [-0.05, 0) is 19.3 Å². The van der Waals surface area contributed by atoms with Gasteiger partial charge in [0.2, 0.25) is 0 Å². The molecule has 0 aromatic carbocycles. The summed E-state index contributed by atoms with van der Waals surface area (Å²) in [6.07, 6.45) is 2.17. The van der Waals surface area contributed by atoms with Gasteiger partial charge in [-0.1, -0.05) is 13.8 Å². The maximum Gasteiger partial charge on any atom is 0.153 e. The van der Waals surface area contributed by atoms with Gasteiger partial charge < -0.3 is 5.73 Å².